The summed E-state index contributed by atoms with van der Waals surface area (Å²) in [4.78, 5) is 57.5. The Morgan fingerprint density at radius 3 is 0.956 bits per heavy atom. The Morgan fingerprint density at radius 2 is 0.725 bits per heavy atom. The van der Waals surface area contributed by atoms with E-state index in [-0.39, 0.29) is 58.8 Å². The zero-order valence-corrected chi connectivity index (χ0v) is 56.1. The smallest absolute Gasteiger partial charge is 0.280 e. The number of carbonyl (C=O) groups excluding carboxylic acids is 3. The molecule has 3 aliphatic heterocycles. The van der Waals surface area contributed by atoms with Crippen LogP contribution in [-0.4, -0.2) is 110 Å². The highest BCUT2D eigenvalue weighted by Crippen LogP contribution is 2.40. The quantitative estimate of drug-likeness (QED) is 0.0666. The van der Waals surface area contributed by atoms with Gasteiger partial charge in [0, 0.05) is 71.4 Å². The molecule has 0 radical (unpaired) electrons. The molecular weight excluding hydrogens is 1420 g/mol. The Balaban J connectivity index is 0.000000161. The number of hydrogen-bond donors (Lipinski definition) is 6. The maximum Gasteiger partial charge on any atom is 0.280 e. The van der Waals surface area contributed by atoms with Crippen molar-refractivity contribution in [3.8, 4) is 29.3 Å². The molecule has 0 spiro atoms. The molecule has 6 atom stereocenters. The van der Waals surface area contributed by atoms with Crippen molar-refractivity contribution in [3.05, 3.63) is 173 Å². The van der Waals surface area contributed by atoms with E-state index in [0.717, 1.165) is 60.4 Å². The molecular formula is C55H52Cl3F3N12O9S9. The molecule has 3 amide bonds. The van der Waals surface area contributed by atoms with Crippen molar-refractivity contribution in [2.45, 2.75) is 62.9 Å². The van der Waals surface area contributed by atoms with E-state index in [1.54, 1.807) is 52.6 Å². The second-order valence-electron chi connectivity index (χ2n) is 19.8. The van der Waals surface area contributed by atoms with Gasteiger partial charge in [-0.15, -0.1) is 68.0 Å². The van der Waals surface area contributed by atoms with Crippen LogP contribution >= 0.6 is 103 Å². The molecule has 2 unspecified atom stereocenters. The lowest BCUT2D eigenvalue weighted by Gasteiger charge is -2.35. The third kappa shape index (κ3) is 16.5. The Bertz CT molecular complexity index is 3990. The summed E-state index contributed by atoms with van der Waals surface area (Å²) >= 11 is 26.1. The first-order valence-corrected chi connectivity index (χ1v) is 36.8. The summed E-state index contributed by atoms with van der Waals surface area (Å²) in [5.41, 5.74) is 0.838. The summed E-state index contributed by atoms with van der Waals surface area (Å²) in [6, 6.07) is 18.1. The molecule has 3 aliphatic rings. The summed E-state index contributed by atoms with van der Waals surface area (Å²) in [7, 11) is -7.70. The molecule has 3 saturated heterocycles. The van der Waals surface area contributed by atoms with Crippen molar-refractivity contribution in [1.82, 2.24) is 42.0 Å². The average molecular weight is 1480 g/mol. The Morgan fingerprint density at radius 1 is 0.462 bits per heavy atom. The van der Waals surface area contributed by atoms with Crippen LogP contribution < -0.4 is 30.1 Å². The molecule has 6 aromatic heterocycles. The first kappa shape index (κ1) is 69.7. The fraction of sp³-hybridized carbons (Fsp3) is 0.236. The highest BCUT2D eigenvalue weighted by atomic mass is 35.5. The van der Waals surface area contributed by atoms with E-state index in [1.165, 1.54) is 91.6 Å². The number of benzene rings is 3. The van der Waals surface area contributed by atoms with E-state index in [0.29, 0.717) is 15.0 Å². The first-order valence-electron chi connectivity index (χ1n) is 26.3. The summed E-state index contributed by atoms with van der Waals surface area (Å²) in [6.07, 6.45) is 5.67. The Labute approximate surface area is 560 Å². The van der Waals surface area contributed by atoms with Gasteiger partial charge in [-0.25, -0.2) is 28.1 Å². The van der Waals surface area contributed by atoms with E-state index in [4.69, 9.17) is 34.8 Å². The largest absolute Gasteiger partial charge is 0.325 e. The molecule has 0 aliphatic carbocycles. The van der Waals surface area contributed by atoms with Crippen molar-refractivity contribution >= 4 is 168 Å². The van der Waals surface area contributed by atoms with Crippen molar-refractivity contribution in [3.63, 3.8) is 0 Å². The number of likely N-dealkylation sites (N-methyl/N-ethyl adjacent to an activating group) is 3. The molecule has 6 N–H and O–H groups in total. The summed E-state index contributed by atoms with van der Waals surface area (Å²) in [6.45, 7) is 0. The van der Waals surface area contributed by atoms with Crippen molar-refractivity contribution in [2.75, 3.05) is 37.1 Å². The van der Waals surface area contributed by atoms with E-state index in [1.807, 2.05) is 52.5 Å². The molecule has 91 heavy (non-hydrogen) atoms. The number of thiazole rings is 3. The number of carbonyl (C=O) groups is 3. The van der Waals surface area contributed by atoms with Crippen LogP contribution in [0.15, 0.2) is 126 Å². The molecule has 9 heterocycles. The number of hydrogen-bond acceptors (Lipinski definition) is 18. The third-order valence-electron chi connectivity index (χ3n) is 13.9. The standard InChI is InChI=1S/3C18H16ClFN4O3S3.CH4/c3*1-24-14(17(25)22-10-4-5-12(20)11(19)7-10)8-13(23-30(24,26)27)18-21-9-16(29-18)15-3-2-6-28-15;/h3*2-7,9,13-14,23H,8H2,1H3,(H,22,25);1H4/t2*13-,14+;;/m10../s1. The molecule has 0 saturated carbocycles. The molecule has 0 bridgehead atoms. The lowest BCUT2D eigenvalue weighted by molar-refractivity contribution is -0.120. The topological polar surface area (TPSA) is 274 Å². The lowest BCUT2D eigenvalue weighted by atomic mass is 10.1. The molecule has 3 fully saturated rings. The number of amides is 3. The zero-order chi connectivity index (χ0) is 64.4. The minimum atomic E-state index is -3.90. The van der Waals surface area contributed by atoms with Crippen LogP contribution in [0, 0.1) is 17.5 Å². The SMILES string of the molecule is C.CN1C(C(=O)Nc2ccc(F)c(Cl)c2)CC(c2ncc(-c3cccs3)s2)NS1(=O)=O.CN1[C@@H](C(=O)Nc2ccc(F)c(Cl)c2)C[C@@H](c2ncc(-c3cccs3)s2)NS1(=O)=O.CN1[C@H](C(=O)Nc2ccc(F)c(Cl)c2)C[C@H](c2ncc(-c3cccs3)s2)NS1(=O)=O. The molecule has 21 nitrogen and oxygen atoms in total. The van der Waals surface area contributed by atoms with Gasteiger partial charge in [0.05, 0.1) is 47.8 Å². The van der Waals surface area contributed by atoms with Gasteiger partial charge in [0.1, 0.15) is 50.6 Å². The fourth-order valence-corrected chi connectivity index (χ4v) is 19.1. The van der Waals surface area contributed by atoms with Crippen LogP contribution in [0.25, 0.3) is 29.3 Å². The van der Waals surface area contributed by atoms with Crippen LogP contribution in [0.5, 0.6) is 0 Å². The van der Waals surface area contributed by atoms with Gasteiger partial charge >= 0.3 is 0 Å². The number of nitrogens with zero attached hydrogens (tertiary/aromatic N) is 6. The fourth-order valence-electron chi connectivity index (χ4n) is 9.16. The number of thiophene rings is 3. The van der Waals surface area contributed by atoms with Crippen LogP contribution in [0.1, 0.15) is 59.8 Å². The van der Waals surface area contributed by atoms with E-state index >= 15 is 0 Å². The predicted molar refractivity (Wildman–Crippen MR) is 356 cm³/mol. The summed E-state index contributed by atoms with van der Waals surface area (Å²) in [5.74, 6) is -3.44. The lowest BCUT2D eigenvalue weighted by Crippen LogP contribution is -2.55. The molecule has 36 heteroatoms. The maximum absolute atomic E-state index is 13.4. The number of rotatable bonds is 12. The van der Waals surface area contributed by atoms with Crippen molar-refractivity contribution in [2.24, 2.45) is 0 Å². The zero-order valence-electron chi connectivity index (χ0n) is 46.5. The van der Waals surface area contributed by atoms with Gasteiger partial charge in [-0.1, -0.05) is 60.4 Å². The number of halogens is 6. The van der Waals surface area contributed by atoms with Gasteiger partial charge in [0.15, 0.2) is 0 Å². The summed E-state index contributed by atoms with van der Waals surface area (Å²) < 4.78 is 126. The highest BCUT2D eigenvalue weighted by molar-refractivity contribution is 7.87. The third-order valence-corrected chi connectivity index (χ3v) is 26.1. The van der Waals surface area contributed by atoms with Crippen LogP contribution in [-0.2, 0) is 45.0 Å². The predicted octanol–water partition coefficient (Wildman–Crippen LogP) is 12.3. The van der Waals surface area contributed by atoms with Crippen LogP contribution in [0.3, 0.4) is 0 Å². The van der Waals surface area contributed by atoms with Crippen molar-refractivity contribution < 1.29 is 52.8 Å². The van der Waals surface area contributed by atoms with E-state index in [2.05, 4.69) is 45.1 Å². The minimum Gasteiger partial charge on any atom is -0.325 e. The number of nitrogens with one attached hydrogen (secondary N) is 6. The van der Waals surface area contributed by atoms with Crippen molar-refractivity contribution in [1.29, 1.82) is 0 Å². The average Bonchev–Trinajstić information content (AvgIpc) is 1.75. The van der Waals surface area contributed by atoms with Crippen LogP contribution in [0.4, 0.5) is 30.2 Å². The van der Waals surface area contributed by atoms with E-state index in [9.17, 15) is 52.8 Å². The molecule has 3 aromatic carbocycles. The molecule has 482 valence electrons. The maximum atomic E-state index is 13.4. The molecule has 9 aromatic rings. The van der Waals surface area contributed by atoms with E-state index < -0.39 is 102 Å². The normalized spacial score (nSPS) is 21.2. The van der Waals surface area contributed by atoms with Gasteiger partial charge in [-0.05, 0) is 108 Å². The second kappa shape index (κ2) is 29.3. The van der Waals surface area contributed by atoms with Gasteiger partial charge in [0.2, 0.25) is 17.7 Å². The van der Waals surface area contributed by atoms with Gasteiger partial charge in [-0.3, -0.25) is 14.4 Å². The minimum absolute atomic E-state index is 0. The molecule has 12 rings (SSSR count). The Hall–Kier alpha value is -5.67. The van der Waals surface area contributed by atoms with Crippen LogP contribution in [0.2, 0.25) is 15.1 Å². The van der Waals surface area contributed by atoms with Gasteiger partial charge in [0.25, 0.3) is 30.6 Å². The van der Waals surface area contributed by atoms with Gasteiger partial charge in [-0.2, -0.15) is 52.3 Å². The first-order chi connectivity index (χ1) is 42.7. The number of aromatic nitrogens is 3. The second-order valence-corrected chi connectivity index (χ2v) is 32.3. The monoisotopic (exact) mass is 1470 g/mol. The Kier molecular flexibility index (Phi) is 22.4. The van der Waals surface area contributed by atoms with Gasteiger partial charge < -0.3 is 16.0 Å². The summed E-state index contributed by atoms with van der Waals surface area (Å²) in [5, 5.41) is 15.0. The highest BCUT2D eigenvalue weighted by Gasteiger charge is 2.44. The number of anilines is 3.